The number of fused-ring (bicyclic) bond motifs is 1. The first-order valence-corrected chi connectivity index (χ1v) is 7.88. The number of aryl methyl sites for hydroxylation is 1. The molecule has 1 amide bonds. The van der Waals surface area contributed by atoms with Gasteiger partial charge in [0.15, 0.2) is 0 Å². The van der Waals surface area contributed by atoms with Crippen molar-refractivity contribution in [2.24, 2.45) is 11.7 Å². The van der Waals surface area contributed by atoms with Crippen LogP contribution < -0.4 is 11.1 Å². The van der Waals surface area contributed by atoms with Crippen LogP contribution in [-0.2, 0) is 12.8 Å². The summed E-state index contributed by atoms with van der Waals surface area (Å²) in [6.07, 6.45) is 8.15. The Morgan fingerprint density at radius 3 is 2.63 bits per heavy atom. The molecule has 0 atom stereocenters. The molecule has 2 aliphatic rings. The number of nitrogens with one attached hydrogen (secondary N) is 1. The van der Waals surface area contributed by atoms with Gasteiger partial charge < -0.3 is 11.1 Å². The van der Waals surface area contributed by atoms with Gasteiger partial charge in [-0.25, -0.2) is 0 Å². The van der Waals surface area contributed by atoms with Gasteiger partial charge in [-0.1, -0.05) is 13.0 Å². The maximum Gasteiger partial charge on any atom is 0.251 e. The Morgan fingerprint density at radius 2 is 2.00 bits per heavy atom. The van der Waals surface area contributed by atoms with E-state index < -0.39 is 0 Å². The zero-order valence-corrected chi connectivity index (χ0v) is 11.9. The number of carbonyl (C=O) groups is 1. The molecular weight excluding hydrogens is 256 g/mol. The maximum absolute atomic E-state index is 11.7. The van der Waals surface area contributed by atoms with Crippen molar-refractivity contribution < 1.29 is 4.79 Å². The first-order chi connectivity index (χ1) is 9.16. The molecule has 0 radical (unpaired) electrons. The molecule has 0 bridgehead atoms. The highest BCUT2D eigenvalue weighted by Gasteiger charge is 2.26. The lowest BCUT2D eigenvalue weighted by atomic mass is 9.83. The third-order valence-electron chi connectivity index (χ3n) is 4.29. The maximum atomic E-state index is 11.7. The highest BCUT2D eigenvalue weighted by atomic mass is 32.1. The fourth-order valence-electron chi connectivity index (χ4n) is 2.92. The predicted molar refractivity (Wildman–Crippen MR) is 79.6 cm³/mol. The minimum absolute atomic E-state index is 0.302. The van der Waals surface area contributed by atoms with Crippen LogP contribution in [0, 0.1) is 5.92 Å². The Balaban J connectivity index is 1.89. The standard InChI is InChI=1S/C15H20N2OS/c1-9(10-5-4-6-10)17-15-13(14(16)18)11-7-2-3-8-12(11)19-15/h10,17H,1-8H2,(H2,16,18). The van der Waals surface area contributed by atoms with E-state index in [1.807, 2.05) is 0 Å². The number of carbonyl (C=O) groups excluding carboxylic acids is 1. The zero-order valence-electron chi connectivity index (χ0n) is 11.1. The summed E-state index contributed by atoms with van der Waals surface area (Å²) in [7, 11) is 0. The topological polar surface area (TPSA) is 55.1 Å². The van der Waals surface area contributed by atoms with Crippen molar-refractivity contribution in [2.75, 3.05) is 5.32 Å². The van der Waals surface area contributed by atoms with Crippen LogP contribution in [-0.4, -0.2) is 5.91 Å². The molecule has 1 aromatic rings. The van der Waals surface area contributed by atoms with Crippen molar-refractivity contribution in [1.82, 2.24) is 0 Å². The average Bonchev–Trinajstić information content (AvgIpc) is 2.63. The van der Waals surface area contributed by atoms with E-state index in [0.29, 0.717) is 5.92 Å². The monoisotopic (exact) mass is 276 g/mol. The third kappa shape index (κ3) is 2.29. The van der Waals surface area contributed by atoms with Gasteiger partial charge in [0.25, 0.3) is 5.91 Å². The zero-order chi connectivity index (χ0) is 13.4. The van der Waals surface area contributed by atoms with E-state index in [0.717, 1.165) is 35.5 Å². The molecule has 0 saturated heterocycles. The normalized spacial score (nSPS) is 18.5. The van der Waals surface area contributed by atoms with Gasteiger partial charge in [0.05, 0.1) is 5.56 Å². The summed E-state index contributed by atoms with van der Waals surface area (Å²) in [6, 6.07) is 0. The second-order valence-corrected chi connectivity index (χ2v) is 6.66. The molecule has 1 heterocycles. The van der Waals surface area contributed by atoms with Gasteiger partial charge in [0.1, 0.15) is 5.00 Å². The summed E-state index contributed by atoms with van der Waals surface area (Å²) >= 11 is 1.70. The smallest absolute Gasteiger partial charge is 0.251 e. The number of thiophene rings is 1. The summed E-state index contributed by atoms with van der Waals surface area (Å²) in [5.74, 6) is 0.267. The SMILES string of the molecule is C=C(Nc1sc2c(c1C(N)=O)CCCC2)C1CCC1. The second-order valence-electron chi connectivity index (χ2n) is 5.56. The number of hydrogen-bond donors (Lipinski definition) is 2. The predicted octanol–water partition coefficient (Wildman–Crippen LogP) is 3.45. The van der Waals surface area contributed by atoms with E-state index in [1.54, 1.807) is 11.3 Å². The molecule has 1 aromatic heterocycles. The fourth-order valence-corrected chi connectivity index (χ4v) is 4.25. The number of rotatable bonds is 4. The lowest BCUT2D eigenvalue weighted by molar-refractivity contribution is 0.100. The highest BCUT2D eigenvalue weighted by Crippen LogP contribution is 2.40. The van der Waals surface area contributed by atoms with E-state index >= 15 is 0 Å². The molecule has 3 rings (SSSR count). The minimum atomic E-state index is -0.302. The molecule has 2 aliphatic carbocycles. The quantitative estimate of drug-likeness (QED) is 0.885. The van der Waals surface area contributed by atoms with Gasteiger partial charge >= 0.3 is 0 Å². The summed E-state index contributed by atoms with van der Waals surface area (Å²) in [5.41, 5.74) is 8.54. The fraction of sp³-hybridized carbons (Fsp3) is 0.533. The average molecular weight is 276 g/mol. The van der Waals surface area contributed by atoms with Gasteiger partial charge in [0.2, 0.25) is 0 Å². The molecule has 0 unspecified atom stereocenters. The molecule has 0 aliphatic heterocycles. The van der Waals surface area contributed by atoms with Crippen molar-refractivity contribution in [3.05, 3.63) is 28.3 Å². The lowest BCUT2D eigenvalue weighted by Gasteiger charge is -2.28. The van der Waals surface area contributed by atoms with E-state index in [4.69, 9.17) is 5.73 Å². The van der Waals surface area contributed by atoms with E-state index in [1.165, 1.54) is 36.1 Å². The molecule has 0 aromatic carbocycles. The van der Waals surface area contributed by atoms with Crippen molar-refractivity contribution in [1.29, 1.82) is 0 Å². The number of hydrogen-bond acceptors (Lipinski definition) is 3. The van der Waals surface area contributed by atoms with Crippen LogP contribution in [0.2, 0.25) is 0 Å². The van der Waals surface area contributed by atoms with Crippen LogP contribution in [0.5, 0.6) is 0 Å². The van der Waals surface area contributed by atoms with Gasteiger partial charge in [-0.15, -0.1) is 11.3 Å². The Hall–Kier alpha value is -1.29. The number of allylic oxidation sites excluding steroid dienone is 1. The van der Waals surface area contributed by atoms with Crippen molar-refractivity contribution in [2.45, 2.75) is 44.9 Å². The van der Waals surface area contributed by atoms with E-state index in [9.17, 15) is 4.79 Å². The van der Waals surface area contributed by atoms with E-state index in [-0.39, 0.29) is 5.91 Å². The molecule has 4 heteroatoms. The van der Waals surface area contributed by atoms with Gasteiger partial charge in [-0.2, -0.15) is 0 Å². The van der Waals surface area contributed by atoms with Crippen LogP contribution >= 0.6 is 11.3 Å². The van der Waals surface area contributed by atoms with Crippen molar-refractivity contribution >= 4 is 22.2 Å². The first kappa shape index (κ1) is 12.7. The Labute approximate surface area is 117 Å². The molecule has 19 heavy (non-hydrogen) atoms. The van der Waals surface area contributed by atoms with Crippen LogP contribution in [0.4, 0.5) is 5.00 Å². The lowest BCUT2D eigenvalue weighted by Crippen LogP contribution is -2.20. The van der Waals surface area contributed by atoms with Crippen LogP contribution in [0.25, 0.3) is 0 Å². The Morgan fingerprint density at radius 1 is 1.26 bits per heavy atom. The number of anilines is 1. The summed E-state index contributed by atoms with van der Waals surface area (Å²) in [5, 5.41) is 4.30. The number of primary amides is 1. The van der Waals surface area contributed by atoms with Crippen LogP contribution in [0.1, 0.15) is 52.9 Å². The Bertz CT molecular complexity index is 528. The molecular formula is C15H20N2OS. The molecule has 3 N–H and O–H groups in total. The van der Waals surface area contributed by atoms with Gasteiger partial charge in [-0.3, -0.25) is 4.79 Å². The molecule has 102 valence electrons. The number of nitrogens with two attached hydrogens (primary N) is 1. The first-order valence-electron chi connectivity index (χ1n) is 7.07. The highest BCUT2D eigenvalue weighted by molar-refractivity contribution is 7.16. The molecule has 0 spiro atoms. The van der Waals surface area contributed by atoms with Crippen LogP contribution in [0.3, 0.4) is 0 Å². The summed E-state index contributed by atoms with van der Waals surface area (Å²) in [4.78, 5) is 13.1. The molecule has 1 fully saturated rings. The van der Waals surface area contributed by atoms with Gasteiger partial charge in [0, 0.05) is 10.6 Å². The largest absolute Gasteiger partial charge is 0.365 e. The summed E-state index contributed by atoms with van der Waals surface area (Å²) < 4.78 is 0. The van der Waals surface area contributed by atoms with E-state index in [2.05, 4.69) is 11.9 Å². The number of amides is 1. The van der Waals surface area contributed by atoms with Crippen molar-refractivity contribution in [3.63, 3.8) is 0 Å². The Kier molecular flexibility index (Phi) is 3.35. The molecule has 3 nitrogen and oxygen atoms in total. The minimum Gasteiger partial charge on any atom is -0.365 e. The second kappa shape index (κ2) is 5.00. The van der Waals surface area contributed by atoms with Crippen LogP contribution in [0.15, 0.2) is 12.3 Å². The third-order valence-corrected chi connectivity index (χ3v) is 5.50. The van der Waals surface area contributed by atoms with Crippen molar-refractivity contribution in [3.8, 4) is 0 Å². The summed E-state index contributed by atoms with van der Waals surface area (Å²) in [6.45, 7) is 4.12. The van der Waals surface area contributed by atoms with Gasteiger partial charge in [-0.05, 0) is 50.0 Å². The molecule has 1 saturated carbocycles.